The summed E-state index contributed by atoms with van der Waals surface area (Å²) in [6.07, 6.45) is 1.33. The molecule has 0 rings (SSSR count). The first-order chi connectivity index (χ1) is 9.38. The van der Waals surface area contributed by atoms with Crippen LogP contribution in [0, 0.1) is 0 Å². The molecule has 0 aliphatic carbocycles. The van der Waals surface area contributed by atoms with Crippen LogP contribution >= 0.6 is 0 Å². The van der Waals surface area contributed by atoms with Gasteiger partial charge in [-0.25, -0.2) is 19.4 Å². The second-order valence-corrected chi connectivity index (χ2v) is 4.23. The van der Waals surface area contributed by atoms with E-state index in [-0.39, 0.29) is 12.8 Å². The van der Waals surface area contributed by atoms with E-state index >= 15 is 0 Å². The van der Waals surface area contributed by atoms with Crippen molar-refractivity contribution in [1.82, 2.24) is 0 Å². The number of hydrogen-bond donors (Lipinski definition) is 4. The summed E-state index contributed by atoms with van der Waals surface area (Å²) in [6, 6.07) is -2.09. The van der Waals surface area contributed by atoms with Gasteiger partial charge < -0.3 is 22.3 Å². The lowest BCUT2D eigenvalue weighted by Crippen LogP contribution is -2.37. The lowest BCUT2D eigenvalue weighted by Gasteiger charge is -2.11. The molecule has 20 heavy (non-hydrogen) atoms. The second kappa shape index (κ2) is 10.1. The van der Waals surface area contributed by atoms with E-state index in [2.05, 4.69) is 9.78 Å². The SMILES string of the molecule is NCCCC[C@H](N)C(=O)OOC(=O)[C@H](N)CCC(=O)O. The van der Waals surface area contributed by atoms with Gasteiger partial charge in [0.2, 0.25) is 0 Å². The number of carbonyl (C=O) groups excluding carboxylic acids is 2. The van der Waals surface area contributed by atoms with Crippen LogP contribution in [0.5, 0.6) is 0 Å². The molecule has 0 aliphatic rings. The van der Waals surface area contributed by atoms with Gasteiger partial charge in [0, 0.05) is 6.42 Å². The van der Waals surface area contributed by atoms with E-state index in [1.807, 2.05) is 0 Å². The van der Waals surface area contributed by atoms with Gasteiger partial charge in [-0.1, -0.05) is 6.42 Å². The van der Waals surface area contributed by atoms with Crippen LogP contribution in [0.4, 0.5) is 0 Å². The summed E-state index contributed by atoms with van der Waals surface area (Å²) < 4.78 is 0. The lowest BCUT2D eigenvalue weighted by molar-refractivity contribution is -0.261. The molecule has 0 heterocycles. The van der Waals surface area contributed by atoms with Crippen molar-refractivity contribution < 1.29 is 29.3 Å². The van der Waals surface area contributed by atoms with E-state index in [0.29, 0.717) is 19.4 Å². The van der Waals surface area contributed by atoms with Crippen LogP contribution in [0.15, 0.2) is 0 Å². The van der Waals surface area contributed by atoms with Crippen LogP contribution in [0.3, 0.4) is 0 Å². The Morgan fingerprint density at radius 3 is 1.90 bits per heavy atom. The third kappa shape index (κ3) is 8.40. The Morgan fingerprint density at radius 2 is 1.45 bits per heavy atom. The van der Waals surface area contributed by atoms with Gasteiger partial charge in [0.1, 0.15) is 12.1 Å². The molecule has 0 aromatic rings. The van der Waals surface area contributed by atoms with Gasteiger partial charge in [-0.3, -0.25) is 4.79 Å². The van der Waals surface area contributed by atoms with E-state index in [4.69, 9.17) is 22.3 Å². The first-order valence-corrected chi connectivity index (χ1v) is 6.23. The minimum atomic E-state index is -1.17. The summed E-state index contributed by atoms with van der Waals surface area (Å²) in [5, 5.41) is 8.42. The molecule has 0 amide bonds. The van der Waals surface area contributed by atoms with Crippen LogP contribution in [0.2, 0.25) is 0 Å². The molecule has 0 unspecified atom stereocenters. The average Bonchev–Trinajstić information content (AvgIpc) is 2.41. The van der Waals surface area contributed by atoms with Crippen molar-refractivity contribution >= 4 is 17.9 Å². The summed E-state index contributed by atoms with van der Waals surface area (Å²) in [5.41, 5.74) is 16.1. The molecule has 0 bridgehead atoms. The van der Waals surface area contributed by atoms with Crippen LogP contribution in [0.1, 0.15) is 32.1 Å². The summed E-state index contributed by atoms with van der Waals surface area (Å²) in [5.74, 6) is -3.00. The van der Waals surface area contributed by atoms with Crippen molar-refractivity contribution in [3.63, 3.8) is 0 Å². The molecule has 116 valence electrons. The van der Waals surface area contributed by atoms with E-state index < -0.39 is 30.0 Å². The number of carbonyl (C=O) groups is 3. The van der Waals surface area contributed by atoms with Crippen molar-refractivity contribution in [2.24, 2.45) is 17.2 Å². The van der Waals surface area contributed by atoms with E-state index in [9.17, 15) is 14.4 Å². The fourth-order valence-electron chi connectivity index (χ4n) is 1.23. The van der Waals surface area contributed by atoms with Crippen molar-refractivity contribution in [2.75, 3.05) is 6.54 Å². The summed E-state index contributed by atoms with van der Waals surface area (Å²) in [6.45, 7) is 0.495. The zero-order valence-electron chi connectivity index (χ0n) is 11.1. The molecule has 0 saturated carbocycles. The highest BCUT2D eigenvalue weighted by atomic mass is 17.2. The molecule has 0 fully saturated rings. The minimum Gasteiger partial charge on any atom is -0.481 e. The molecular formula is C11H21N3O6. The smallest absolute Gasteiger partial charge is 0.372 e. The minimum absolute atomic E-state index is 0.117. The van der Waals surface area contributed by atoms with Crippen LogP contribution in [-0.2, 0) is 24.2 Å². The van der Waals surface area contributed by atoms with Gasteiger partial charge in [-0.15, -0.1) is 0 Å². The van der Waals surface area contributed by atoms with Gasteiger partial charge in [-0.2, -0.15) is 0 Å². The Balaban J connectivity index is 3.92. The van der Waals surface area contributed by atoms with E-state index in [1.54, 1.807) is 0 Å². The number of unbranched alkanes of at least 4 members (excludes halogenated alkanes) is 1. The van der Waals surface area contributed by atoms with Crippen molar-refractivity contribution in [2.45, 2.75) is 44.2 Å². The summed E-state index contributed by atoms with van der Waals surface area (Å²) in [4.78, 5) is 41.4. The highest BCUT2D eigenvalue weighted by Crippen LogP contribution is 2.02. The Labute approximate surface area is 116 Å². The monoisotopic (exact) mass is 291 g/mol. The normalized spacial score (nSPS) is 13.3. The highest BCUT2D eigenvalue weighted by molar-refractivity contribution is 5.79. The predicted molar refractivity (Wildman–Crippen MR) is 67.9 cm³/mol. The van der Waals surface area contributed by atoms with Gasteiger partial charge in [0.15, 0.2) is 0 Å². The molecule has 0 aliphatic heterocycles. The fourth-order valence-corrected chi connectivity index (χ4v) is 1.23. The van der Waals surface area contributed by atoms with Crippen LogP contribution < -0.4 is 17.2 Å². The van der Waals surface area contributed by atoms with Gasteiger partial charge in [0.25, 0.3) is 0 Å². The molecule has 7 N–H and O–H groups in total. The van der Waals surface area contributed by atoms with Crippen molar-refractivity contribution in [3.05, 3.63) is 0 Å². The Hall–Kier alpha value is -1.71. The molecule has 0 radical (unpaired) electrons. The molecule has 0 spiro atoms. The predicted octanol–water partition coefficient (Wildman–Crippen LogP) is -1.36. The zero-order chi connectivity index (χ0) is 15.5. The quantitative estimate of drug-likeness (QED) is 0.227. The molecule has 0 aromatic heterocycles. The Kier molecular flexibility index (Phi) is 9.26. The van der Waals surface area contributed by atoms with Crippen molar-refractivity contribution in [3.8, 4) is 0 Å². The Morgan fingerprint density at radius 1 is 0.950 bits per heavy atom. The molecule has 0 aromatic carbocycles. The first kappa shape index (κ1) is 18.3. The number of hydrogen-bond acceptors (Lipinski definition) is 8. The number of aliphatic carboxylic acids is 1. The standard InChI is InChI=1S/C11H21N3O6/c12-6-2-1-3-7(13)10(17)19-20-11(18)8(14)4-5-9(15)16/h7-8H,1-6,12-14H2,(H,15,16)/t7-,8+/m0/s1. The Bertz CT molecular complexity index is 336. The molecule has 9 heteroatoms. The van der Waals surface area contributed by atoms with E-state index in [0.717, 1.165) is 6.42 Å². The molecular weight excluding hydrogens is 270 g/mol. The first-order valence-electron chi connectivity index (χ1n) is 6.23. The number of carboxylic acid groups (broad SMARTS) is 1. The number of carboxylic acids is 1. The highest BCUT2D eigenvalue weighted by Gasteiger charge is 2.22. The topological polar surface area (TPSA) is 168 Å². The number of nitrogens with two attached hydrogens (primary N) is 3. The third-order valence-electron chi connectivity index (χ3n) is 2.45. The maximum atomic E-state index is 11.3. The average molecular weight is 291 g/mol. The zero-order valence-corrected chi connectivity index (χ0v) is 11.1. The van der Waals surface area contributed by atoms with Crippen molar-refractivity contribution in [1.29, 1.82) is 0 Å². The molecule has 9 nitrogen and oxygen atoms in total. The van der Waals surface area contributed by atoms with E-state index in [1.165, 1.54) is 0 Å². The van der Waals surface area contributed by atoms with Gasteiger partial charge >= 0.3 is 17.9 Å². The molecule has 0 saturated heterocycles. The lowest BCUT2D eigenvalue weighted by atomic mass is 10.1. The summed E-state index contributed by atoms with van der Waals surface area (Å²) in [7, 11) is 0. The second-order valence-electron chi connectivity index (χ2n) is 4.23. The fraction of sp³-hybridized carbons (Fsp3) is 0.727. The number of rotatable bonds is 9. The maximum absolute atomic E-state index is 11.3. The third-order valence-corrected chi connectivity index (χ3v) is 2.45. The van der Waals surface area contributed by atoms with Gasteiger partial charge in [-0.05, 0) is 25.8 Å². The maximum Gasteiger partial charge on any atom is 0.372 e. The molecule has 2 atom stereocenters. The van der Waals surface area contributed by atoms with Crippen LogP contribution in [-0.4, -0.2) is 41.6 Å². The summed E-state index contributed by atoms with van der Waals surface area (Å²) >= 11 is 0. The van der Waals surface area contributed by atoms with Crippen LogP contribution in [0.25, 0.3) is 0 Å². The largest absolute Gasteiger partial charge is 0.481 e. The van der Waals surface area contributed by atoms with Gasteiger partial charge in [0.05, 0.1) is 0 Å².